The lowest BCUT2D eigenvalue weighted by atomic mass is 9.82. The highest BCUT2D eigenvalue weighted by molar-refractivity contribution is 5.77. The maximum atomic E-state index is 12.3. The predicted molar refractivity (Wildman–Crippen MR) is 89.4 cm³/mol. The molecule has 1 saturated heterocycles. The number of carboxylic acids is 1. The number of rotatable bonds is 4. The number of amides is 2. The van der Waals surface area contributed by atoms with Gasteiger partial charge in [-0.05, 0) is 48.9 Å². The van der Waals surface area contributed by atoms with Crippen molar-refractivity contribution in [3.05, 3.63) is 29.3 Å². The van der Waals surface area contributed by atoms with Crippen molar-refractivity contribution in [3.8, 4) is 5.75 Å². The summed E-state index contributed by atoms with van der Waals surface area (Å²) in [5.74, 6) is -0.0734. The molecular weight excluding hydrogens is 308 g/mol. The third kappa shape index (κ3) is 3.47. The Morgan fingerprint density at radius 2 is 2.21 bits per heavy atom. The molecule has 2 amide bonds. The van der Waals surface area contributed by atoms with E-state index in [4.69, 9.17) is 9.84 Å². The largest absolute Gasteiger partial charge is 0.497 e. The first-order chi connectivity index (χ1) is 11.6. The van der Waals surface area contributed by atoms with E-state index in [1.807, 2.05) is 6.07 Å². The number of aryl methyl sites for hydroxylation is 1. The number of carbonyl (C=O) groups is 2. The number of hydrogen-bond donors (Lipinski definition) is 2. The third-order valence-corrected chi connectivity index (χ3v) is 5.11. The van der Waals surface area contributed by atoms with Crippen LogP contribution in [0.25, 0.3) is 0 Å². The summed E-state index contributed by atoms with van der Waals surface area (Å²) in [4.78, 5) is 24.9. The molecule has 0 bridgehead atoms. The molecule has 1 aromatic rings. The van der Waals surface area contributed by atoms with Crippen LogP contribution in [-0.4, -0.2) is 48.8 Å². The van der Waals surface area contributed by atoms with Crippen molar-refractivity contribution in [2.45, 2.75) is 31.6 Å². The normalized spacial score (nSPS) is 22.8. The molecule has 0 saturated carbocycles. The molecule has 0 spiro atoms. The van der Waals surface area contributed by atoms with Gasteiger partial charge in [-0.1, -0.05) is 6.07 Å². The molecule has 1 heterocycles. The molecule has 2 atom stereocenters. The first-order valence-corrected chi connectivity index (χ1v) is 8.51. The molecule has 6 heteroatoms. The Kier molecular flexibility index (Phi) is 4.92. The van der Waals surface area contributed by atoms with Crippen LogP contribution < -0.4 is 10.1 Å². The lowest BCUT2D eigenvalue weighted by Crippen LogP contribution is -2.41. The molecule has 3 rings (SSSR count). The molecule has 0 aromatic heterocycles. The number of carboxylic acid groups (broad SMARTS) is 1. The average Bonchev–Trinajstić information content (AvgIpc) is 3.09. The first-order valence-electron chi connectivity index (χ1n) is 8.51. The van der Waals surface area contributed by atoms with E-state index in [9.17, 15) is 9.59 Å². The Bertz CT molecular complexity index is 631. The number of carbonyl (C=O) groups excluding carboxylic acids is 1. The standard InChI is InChI=1S/C18H24N2O4/c1-24-15-5-6-16-12(9-15)3-2-4-13(16)10-19-18(23)20-8-7-14(11-20)17(21)22/h5-6,9,13-14H,2-4,7-8,10-11H2,1H3,(H,19,23)(H,21,22). The number of fused-ring (bicyclic) bond motifs is 1. The van der Waals surface area contributed by atoms with E-state index in [1.54, 1.807) is 12.0 Å². The van der Waals surface area contributed by atoms with Gasteiger partial charge in [0.05, 0.1) is 13.0 Å². The second-order valence-corrected chi connectivity index (χ2v) is 6.61. The summed E-state index contributed by atoms with van der Waals surface area (Å²) in [5, 5.41) is 12.0. The molecule has 1 aliphatic carbocycles. The number of urea groups is 1. The number of methoxy groups -OCH3 is 1. The molecule has 2 N–H and O–H groups in total. The second-order valence-electron chi connectivity index (χ2n) is 6.61. The maximum absolute atomic E-state index is 12.3. The van der Waals surface area contributed by atoms with Crippen molar-refractivity contribution in [1.82, 2.24) is 10.2 Å². The van der Waals surface area contributed by atoms with Gasteiger partial charge >= 0.3 is 12.0 Å². The summed E-state index contributed by atoms with van der Waals surface area (Å²) in [6.07, 6.45) is 3.74. The molecule has 2 unspecified atom stereocenters. The van der Waals surface area contributed by atoms with Gasteiger partial charge in [0, 0.05) is 25.6 Å². The molecule has 24 heavy (non-hydrogen) atoms. The van der Waals surface area contributed by atoms with Crippen molar-refractivity contribution in [2.24, 2.45) is 5.92 Å². The van der Waals surface area contributed by atoms with Crippen molar-refractivity contribution < 1.29 is 19.4 Å². The van der Waals surface area contributed by atoms with Gasteiger partial charge in [0.2, 0.25) is 0 Å². The van der Waals surface area contributed by atoms with E-state index < -0.39 is 11.9 Å². The number of ether oxygens (including phenoxy) is 1. The van der Waals surface area contributed by atoms with Crippen LogP contribution in [0, 0.1) is 5.92 Å². The van der Waals surface area contributed by atoms with Crippen molar-refractivity contribution >= 4 is 12.0 Å². The van der Waals surface area contributed by atoms with Gasteiger partial charge in [-0.2, -0.15) is 0 Å². The zero-order chi connectivity index (χ0) is 17.1. The molecule has 130 valence electrons. The molecular formula is C18H24N2O4. The van der Waals surface area contributed by atoms with E-state index in [-0.39, 0.29) is 6.03 Å². The van der Waals surface area contributed by atoms with Gasteiger partial charge in [-0.3, -0.25) is 4.79 Å². The lowest BCUT2D eigenvalue weighted by molar-refractivity contribution is -0.141. The molecule has 1 aromatic carbocycles. The van der Waals surface area contributed by atoms with E-state index in [0.29, 0.717) is 32.0 Å². The summed E-state index contributed by atoms with van der Waals surface area (Å²) in [6.45, 7) is 1.41. The summed E-state index contributed by atoms with van der Waals surface area (Å²) in [6, 6.07) is 6.00. The van der Waals surface area contributed by atoms with Crippen LogP contribution in [0.15, 0.2) is 18.2 Å². The molecule has 1 fully saturated rings. The Hall–Kier alpha value is -2.24. The zero-order valence-corrected chi connectivity index (χ0v) is 14.0. The highest BCUT2D eigenvalue weighted by Gasteiger charge is 2.31. The summed E-state index contributed by atoms with van der Waals surface area (Å²) in [5.41, 5.74) is 2.58. The monoisotopic (exact) mass is 332 g/mol. The Morgan fingerprint density at radius 1 is 1.38 bits per heavy atom. The molecule has 1 aliphatic heterocycles. The molecule has 6 nitrogen and oxygen atoms in total. The van der Waals surface area contributed by atoms with Crippen LogP contribution in [-0.2, 0) is 11.2 Å². The maximum Gasteiger partial charge on any atom is 0.317 e. The quantitative estimate of drug-likeness (QED) is 0.886. The van der Waals surface area contributed by atoms with Crippen molar-refractivity contribution in [1.29, 1.82) is 0 Å². The van der Waals surface area contributed by atoms with Gasteiger partial charge in [-0.25, -0.2) is 4.79 Å². The van der Waals surface area contributed by atoms with Gasteiger partial charge < -0.3 is 20.1 Å². The van der Waals surface area contributed by atoms with Crippen LogP contribution in [0.3, 0.4) is 0 Å². The SMILES string of the molecule is COc1ccc2c(c1)CCCC2CNC(=O)N1CCC(C(=O)O)C1. The number of hydrogen-bond acceptors (Lipinski definition) is 3. The summed E-state index contributed by atoms with van der Waals surface area (Å²) in [7, 11) is 1.67. The fourth-order valence-corrected chi connectivity index (χ4v) is 3.70. The van der Waals surface area contributed by atoms with E-state index >= 15 is 0 Å². The number of aliphatic carboxylic acids is 1. The van der Waals surface area contributed by atoms with Crippen molar-refractivity contribution in [3.63, 3.8) is 0 Å². The Labute approximate surface area is 141 Å². The average molecular weight is 332 g/mol. The van der Waals surface area contributed by atoms with Crippen LogP contribution in [0.4, 0.5) is 4.79 Å². The minimum Gasteiger partial charge on any atom is -0.497 e. The predicted octanol–water partition coefficient (Wildman–Crippen LogP) is 2.23. The first kappa shape index (κ1) is 16.6. The van der Waals surface area contributed by atoms with Crippen LogP contribution in [0.1, 0.15) is 36.3 Å². The summed E-state index contributed by atoms with van der Waals surface area (Å²) < 4.78 is 5.29. The summed E-state index contributed by atoms with van der Waals surface area (Å²) >= 11 is 0. The van der Waals surface area contributed by atoms with Crippen LogP contribution >= 0.6 is 0 Å². The number of benzene rings is 1. The molecule has 2 aliphatic rings. The van der Waals surface area contributed by atoms with Crippen molar-refractivity contribution in [2.75, 3.05) is 26.7 Å². The second kappa shape index (κ2) is 7.11. The number of nitrogens with one attached hydrogen (secondary N) is 1. The third-order valence-electron chi connectivity index (χ3n) is 5.11. The minimum absolute atomic E-state index is 0.153. The fourth-order valence-electron chi connectivity index (χ4n) is 3.70. The number of nitrogens with zero attached hydrogens (tertiary/aromatic N) is 1. The minimum atomic E-state index is -0.819. The lowest BCUT2D eigenvalue weighted by Gasteiger charge is -2.27. The zero-order valence-electron chi connectivity index (χ0n) is 14.0. The highest BCUT2D eigenvalue weighted by Crippen LogP contribution is 2.33. The smallest absolute Gasteiger partial charge is 0.317 e. The highest BCUT2D eigenvalue weighted by atomic mass is 16.5. The van der Waals surface area contributed by atoms with Crippen LogP contribution in [0.5, 0.6) is 5.75 Å². The van der Waals surface area contributed by atoms with Gasteiger partial charge in [0.15, 0.2) is 0 Å². The number of likely N-dealkylation sites (tertiary alicyclic amines) is 1. The Balaban J connectivity index is 1.58. The van der Waals surface area contributed by atoms with Crippen LogP contribution in [0.2, 0.25) is 0 Å². The topological polar surface area (TPSA) is 78.9 Å². The van der Waals surface area contributed by atoms with E-state index in [2.05, 4.69) is 17.4 Å². The Morgan fingerprint density at radius 3 is 2.92 bits per heavy atom. The van der Waals surface area contributed by atoms with E-state index in [0.717, 1.165) is 25.0 Å². The molecule has 0 radical (unpaired) electrons. The van der Waals surface area contributed by atoms with Gasteiger partial charge in [-0.15, -0.1) is 0 Å². The van der Waals surface area contributed by atoms with Gasteiger partial charge in [0.1, 0.15) is 5.75 Å². The van der Waals surface area contributed by atoms with E-state index in [1.165, 1.54) is 11.1 Å². The fraction of sp³-hybridized carbons (Fsp3) is 0.556. The van der Waals surface area contributed by atoms with Gasteiger partial charge in [0.25, 0.3) is 0 Å².